The van der Waals surface area contributed by atoms with Crippen molar-refractivity contribution in [1.82, 2.24) is 19.4 Å². The largest absolute Gasteiger partial charge is 0.486 e. The van der Waals surface area contributed by atoms with Crippen LogP contribution in [0, 0.1) is 5.92 Å². The van der Waals surface area contributed by atoms with Gasteiger partial charge in [0.25, 0.3) is 21.8 Å². The maximum atomic E-state index is 13.8. The molecule has 3 aromatic carbocycles. The first kappa shape index (κ1) is 34.4. The highest BCUT2D eigenvalue weighted by Gasteiger charge is 2.35. The van der Waals surface area contributed by atoms with Gasteiger partial charge < -0.3 is 30.4 Å². The van der Waals surface area contributed by atoms with E-state index in [-0.39, 0.29) is 46.4 Å². The number of aryl methyl sites for hydroxylation is 1. The molecule has 1 aliphatic heterocycles. The van der Waals surface area contributed by atoms with Gasteiger partial charge in [-0.05, 0) is 55.9 Å². The quantitative estimate of drug-likeness (QED) is 0.174. The van der Waals surface area contributed by atoms with Crippen molar-refractivity contribution in [1.29, 1.82) is 0 Å². The molecular weight excluding hydrogens is 634 g/mol. The van der Waals surface area contributed by atoms with Crippen LogP contribution in [0.5, 0.6) is 5.75 Å². The Morgan fingerprint density at radius 1 is 1.12 bits per heavy atom. The molecule has 254 valence electrons. The number of para-hydroxylation sites is 3. The number of fused-ring (bicyclic) bond motifs is 1. The van der Waals surface area contributed by atoms with E-state index in [2.05, 4.69) is 19.9 Å². The van der Waals surface area contributed by atoms with Crippen molar-refractivity contribution in [2.45, 2.75) is 37.6 Å². The smallest absolute Gasteiger partial charge is 0.281 e. The van der Waals surface area contributed by atoms with Crippen LogP contribution >= 0.6 is 0 Å². The number of amides is 2. The number of aliphatic hydroxyl groups is 1. The summed E-state index contributed by atoms with van der Waals surface area (Å²) in [5.74, 6) is -0.732. The topological polar surface area (TPSA) is 172 Å². The number of likely N-dealkylation sites (N-methyl/N-ethyl adjacent to an activating group) is 1. The number of carbonyl (C=O) groups excluding carboxylic acids is 2. The fourth-order valence-corrected chi connectivity index (χ4v) is 6.56. The Labute approximate surface area is 280 Å². The number of nitrogens with zero attached hydrogens (tertiary/aromatic N) is 4. The van der Waals surface area contributed by atoms with E-state index in [0.717, 1.165) is 5.56 Å². The van der Waals surface area contributed by atoms with Crippen LogP contribution in [0.2, 0.25) is 0 Å². The van der Waals surface area contributed by atoms with Gasteiger partial charge in [-0.25, -0.2) is 4.98 Å². The fourth-order valence-electron chi connectivity index (χ4n) is 5.52. The minimum atomic E-state index is -4.10. The van der Waals surface area contributed by atoms with E-state index in [1.807, 2.05) is 26.1 Å². The van der Waals surface area contributed by atoms with Crippen molar-refractivity contribution in [3.8, 4) is 5.75 Å². The molecule has 2 heterocycles. The second-order valence-electron chi connectivity index (χ2n) is 12.2. The zero-order chi connectivity index (χ0) is 34.6. The van der Waals surface area contributed by atoms with Crippen LogP contribution in [0.3, 0.4) is 0 Å². The Hall–Kier alpha value is -4.92. The van der Waals surface area contributed by atoms with E-state index >= 15 is 0 Å². The summed E-state index contributed by atoms with van der Waals surface area (Å²) in [6, 6.07) is 18.6. The van der Waals surface area contributed by atoms with E-state index < -0.39 is 22.2 Å². The molecule has 2 amide bonds. The number of hydrogen-bond acceptors (Lipinski definition) is 9. The first-order chi connectivity index (χ1) is 22.9. The van der Waals surface area contributed by atoms with Crippen molar-refractivity contribution in [2.75, 3.05) is 42.5 Å². The average molecular weight is 676 g/mol. The van der Waals surface area contributed by atoms with Gasteiger partial charge in [0, 0.05) is 44.4 Å². The van der Waals surface area contributed by atoms with Crippen LogP contribution in [0.4, 0.5) is 17.1 Å². The third-order valence-corrected chi connectivity index (χ3v) is 9.51. The Bertz CT molecular complexity index is 1880. The molecule has 1 aliphatic rings. The number of benzene rings is 3. The van der Waals surface area contributed by atoms with E-state index in [9.17, 15) is 23.1 Å². The molecule has 5 N–H and O–H groups in total. The van der Waals surface area contributed by atoms with Gasteiger partial charge >= 0.3 is 0 Å². The Balaban J connectivity index is 1.36. The third kappa shape index (κ3) is 7.78. The van der Waals surface area contributed by atoms with E-state index in [0.29, 0.717) is 36.6 Å². The van der Waals surface area contributed by atoms with Crippen LogP contribution in [-0.2, 0) is 23.6 Å². The minimum Gasteiger partial charge on any atom is -0.486 e. The molecule has 0 bridgehead atoms. The summed E-state index contributed by atoms with van der Waals surface area (Å²) in [5.41, 5.74) is 8.72. The van der Waals surface area contributed by atoms with Crippen molar-refractivity contribution >= 4 is 38.9 Å². The summed E-state index contributed by atoms with van der Waals surface area (Å²) in [4.78, 5) is 34.2. The lowest BCUT2D eigenvalue weighted by atomic mass is 9.99. The van der Waals surface area contributed by atoms with Crippen LogP contribution in [-0.4, -0.2) is 83.6 Å². The van der Waals surface area contributed by atoms with Crippen LogP contribution < -0.4 is 20.5 Å². The standard InChI is InChI=1S/C34H41N7O6S/c1-22-16-41(23(2)20-42)34(44)26-8-7-11-29(38-48(45,46)31-19-40(4)21-36-31)32(26)47-30(22)18-39(3)17-24-12-14-25(15-13-24)33(43)37-28-10-6-5-9-27(28)35/h5-15,19,21-23,30,38,42H,16-18,20,35H2,1-4H3,(H,37,43)/t22-,23-,30-/m1/s1. The molecule has 3 atom stereocenters. The maximum Gasteiger partial charge on any atom is 0.281 e. The first-order valence-corrected chi connectivity index (χ1v) is 17.0. The predicted molar refractivity (Wildman–Crippen MR) is 183 cm³/mol. The number of nitrogens with one attached hydrogen (secondary N) is 2. The molecular formula is C34H41N7O6S. The van der Waals surface area contributed by atoms with Gasteiger partial charge in [0.05, 0.1) is 41.6 Å². The number of anilines is 3. The number of sulfonamides is 1. The lowest BCUT2D eigenvalue weighted by Gasteiger charge is -2.38. The number of rotatable bonds is 11. The number of imidazole rings is 1. The van der Waals surface area contributed by atoms with E-state index in [4.69, 9.17) is 10.5 Å². The first-order valence-electron chi connectivity index (χ1n) is 15.5. The van der Waals surface area contributed by atoms with Crippen LogP contribution in [0.25, 0.3) is 0 Å². The number of hydrogen-bond donors (Lipinski definition) is 4. The minimum absolute atomic E-state index is 0.107. The van der Waals surface area contributed by atoms with E-state index in [1.54, 1.807) is 73.5 Å². The molecule has 14 heteroatoms. The molecule has 0 spiro atoms. The fraction of sp³-hybridized carbons (Fsp3) is 0.324. The molecule has 48 heavy (non-hydrogen) atoms. The van der Waals surface area contributed by atoms with Crippen LogP contribution in [0.15, 0.2) is 84.3 Å². The number of aromatic nitrogens is 2. The van der Waals surface area contributed by atoms with Crippen molar-refractivity contribution in [2.24, 2.45) is 13.0 Å². The number of carbonyl (C=O) groups is 2. The van der Waals surface area contributed by atoms with Crippen molar-refractivity contribution in [3.63, 3.8) is 0 Å². The zero-order valence-corrected chi connectivity index (χ0v) is 28.1. The molecule has 0 fully saturated rings. The average Bonchev–Trinajstić information content (AvgIpc) is 3.51. The molecule has 0 unspecified atom stereocenters. The molecule has 1 aromatic heterocycles. The molecule has 5 rings (SSSR count). The Morgan fingerprint density at radius 3 is 2.50 bits per heavy atom. The van der Waals surface area contributed by atoms with Gasteiger partial charge in [-0.3, -0.25) is 19.2 Å². The van der Waals surface area contributed by atoms with Crippen molar-refractivity contribution < 1.29 is 27.9 Å². The lowest BCUT2D eigenvalue weighted by Crippen LogP contribution is -2.49. The molecule has 0 aliphatic carbocycles. The highest BCUT2D eigenvalue weighted by atomic mass is 32.2. The normalized spacial score (nSPS) is 17.2. The summed E-state index contributed by atoms with van der Waals surface area (Å²) in [5, 5.41) is 12.6. The van der Waals surface area contributed by atoms with Gasteiger partial charge in [0.2, 0.25) is 0 Å². The molecule has 0 saturated carbocycles. The van der Waals surface area contributed by atoms with Crippen LogP contribution in [0.1, 0.15) is 40.1 Å². The molecule has 0 saturated heterocycles. The summed E-state index contributed by atoms with van der Waals surface area (Å²) in [7, 11) is -0.496. The van der Waals surface area contributed by atoms with E-state index in [1.165, 1.54) is 17.1 Å². The lowest BCUT2D eigenvalue weighted by molar-refractivity contribution is 0.0344. The molecule has 4 aromatic rings. The summed E-state index contributed by atoms with van der Waals surface area (Å²) < 4.78 is 37.1. The molecule has 0 radical (unpaired) electrons. The summed E-state index contributed by atoms with van der Waals surface area (Å²) in [6.07, 6.45) is 2.29. The number of nitrogen functional groups attached to an aromatic ring is 1. The highest BCUT2D eigenvalue weighted by Crippen LogP contribution is 2.36. The second-order valence-corrected chi connectivity index (χ2v) is 13.9. The summed E-state index contributed by atoms with van der Waals surface area (Å²) in [6.45, 7) is 4.75. The SMILES string of the molecule is C[C@@H]1CN([C@H](C)CO)C(=O)c2cccc(NS(=O)(=O)c3cn(C)cn3)c2O[C@@H]1CN(C)Cc1ccc(C(=O)Nc2ccccc2N)cc1. The Morgan fingerprint density at radius 2 is 1.83 bits per heavy atom. The monoisotopic (exact) mass is 675 g/mol. The van der Waals surface area contributed by atoms with Gasteiger partial charge in [0.1, 0.15) is 6.10 Å². The Kier molecular flexibility index (Phi) is 10.4. The van der Waals surface area contributed by atoms with Gasteiger partial charge in [-0.2, -0.15) is 8.42 Å². The zero-order valence-electron chi connectivity index (χ0n) is 27.3. The van der Waals surface area contributed by atoms with Gasteiger partial charge in [0.15, 0.2) is 10.8 Å². The third-order valence-electron chi connectivity index (χ3n) is 8.26. The van der Waals surface area contributed by atoms with Gasteiger partial charge in [-0.15, -0.1) is 0 Å². The second kappa shape index (κ2) is 14.5. The highest BCUT2D eigenvalue weighted by molar-refractivity contribution is 7.92. The maximum absolute atomic E-state index is 13.8. The molecule has 13 nitrogen and oxygen atoms in total. The summed E-state index contributed by atoms with van der Waals surface area (Å²) >= 11 is 0. The van der Waals surface area contributed by atoms with Crippen molar-refractivity contribution in [3.05, 3.63) is 95.9 Å². The number of nitrogens with two attached hydrogens (primary N) is 1. The van der Waals surface area contributed by atoms with Gasteiger partial charge in [-0.1, -0.05) is 37.3 Å². The number of ether oxygens (including phenoxy) is 1. The predicted octanol–water partition coefficient (Wildman–Crippen LogP) is 3.41. The number of aliphatic hydroxyl groups excluding tert-OH is 1.